The number of hydrogen-bond donors (Lipinski definition) is 1. The van der Waals surface area contributed by atoms with Crippen LogP contribution in [0.25, 0.3) is 0 Å². The van der Waals surface area contributed by atoms with Crippen LogP contribution < -0.4 is 10.2 Å². The van der Waals surface area contributed by atoms with Crippen LogP contribution >= 0.6 is 0 Å². The van der Waals surface area contributed by atoms with Crippen molar-refractivity contribution in [3.8, 4) is 0 Å². The second-order valence-corrected chi connectivity index (χ2v) is 5.25. The van der Waals surface area contributed by atoms with Crippen LogP contribution in [0.5, 0.6) is 0 Å². The Balaban J connectivity index is 2.09. The molecule has 1 aromatic rings. The zero-order chi connectivity index (χ0) is 14.6. The number of anilines is 1. The van der Waals surface area contributed by atoms with E-state index in [1.807, 2.05) is 25.2 Å². The van der Waals surface area contributed by atoms with Crippen LogP contribution in [0.1, 0.15) is 37.3 Å². The molecule has 0 saturated heterocycles. The molecule has 1 aliphatic rings. The Hall–Kier alpha value is -1.23. The third kappa shape index (κ3) is 3.88. The van der Waals surface area contributed by atoms with Crippen LogP contribution in [0.15, 0.2) is 24.3 Å². The minimum atomic E-state index is -4.06. The van der Waals surface area contributed by atoms with E-state index in [1.165, 1.54) is 5.56 Å². The summed E-state index contributed by atoms with van der Waals surface area (Å²) in [6.07, 6.45) is -2.60. The van der Waals surface area contributed by atoms with Crippen LogP contribution in [-0.4, -0.2) is 26.3 Å². The summed E-state index contributed by atoms with van der Waals surface area (Å²) in [6, 6.07) is 8.31. The second kappa shape index (κ2) is 6.48. The van der Waals surface area contributed by atoms with Gasteiger partial charge in [-0.25, -0.2) is 0 Å². The van der Waals surface area contributed by atoms with Gasteiger partial charge in [0.25, 0.3) is 0 Å². The molecule has 1 aromatic carbocycles. The summed E-state index contributed by atoms with van der Waals surface area (Å²) in [5.41, 5.74) is 2.27. The average Bonchev–Trinajstić information content (AvgIpc) is 2.57. The number of rotatable bonds is 4. The van der Waals surface area contributed by atoms with Gasteiger partial charge in [-0.15, -0.1) is 0 Å². The number of nitrogens with zero attached hydrogens (tertiary/aromatic N) is 1. The van der Waals surface area contributed by atoms with Crippen LogP contribution in [0.4, 0.5) is 18.9 Å². The maximum atomic E-state index is 12.3. The molecule has 0 bridgehead atoms. The fraction of sp³-hybridized carbons (Fsp3) is 0.600. The molecule has 5 heteroatoms. The van der Waals surface area contributed by atoms with Gasteiger partial charge in [-0.3, -0.25) is 0 Å². The molecular weight excluding hydrogens is 265 g/mol. The summed E-state index contributed by atoms with van der Waals surface area (Å²) in [7, 11) is 1.93. The predicted octanol–water partition coefficient (Wildman–Crippen LogP) is 3.89. The van der Waals surface area contributed by atoms with Crippen molar-refractivity contribution < 1.29 is 13.2 Å². The van der Waals surface area contributed by atoms with E-state index in [-0.39, 0.29) is 6.42 Å². The first-order chi connectivity index (χ1) is 9.51. The average molecular weight is 286 g/mol. The van der Waals surface area contributed by atoms with Crippen LogP contribution in [0.3, 0.4) is 0 Å². The number of benzene rings is 1. The second-order valence-electron chi connectivity index (χ2n) is 5.25. The first-order valence-corrected chi connectivity index (χ1v) is 7.09. The standard InChI is InChI=1S/C15H21F3N2/c1-19-13-7-4-10-20(11-5-9-15(16,17)18)14-8-3-2-6-12(13)14/h2-3,6,8,13,19H,4-5,7,9-11H2,1H3. The Kier molecular flexibility index (Phi) is 4.91. The largest absolute Gasteiger partial charge is 0.389 e. The quantitative estimate of drug-likeness (QED) is 0.903. The van der Waals surface area contributed by atoms with Crippen molar-refractivity contribution in [3.63, 3.8) is 0 Å². The number of hydrogen-bond acceptors (Lipinski definition) is 2. The molecule has 1 N–H and O–H groups in total. The summed E-state index contributed by atoms with van der Waals surface area (Å²) in [4.78, 5) is 2.10. The van der Waals surface area contributed by atoms with Gasteiger partial charge >= 0.3 is 6.18 Å². The molecule has 20 heavy (non-hydrogen) atoms. The lowest BCUT2D eigenvalue weighted by atomic mass is 10.0. The molecule has 0 fully saturated rings. The first-order valence-electron chi connectivity index (χ1n) is 7.09. The molecule has 0 aliphatic carbocycles. The van der Waals surface area contributed by atoms with Gasteiger partial charge in [0.1, 0.15) is 0 Å². The van der Waals surface area contributed by atoms with Crippen LogP contribution in [-0.2, 0) is 0 Å². The molecule has 1 heterocycles. The van der Waals surface area contributed by atoms with E-state index in [0.29, 0.717) is 12.6 Å². The molecule has 0 saturated carbocycles. The summed E-state index contributed by atoms with van der Waals surface area (Å²) in [5, 5.41) is 3.29. The van der Waals surface area contributed by atoms with Crippen molar-refractivity contribution in [2.24, 2.45) is 0 Å². The topological polar surface area (TPSA) is 15.3 Å². The zero-order valence-corrected chi connectivity index (χ0v) is 11.7. The minimum Gasteiger partial charge on any atom is -0.371 e. The maximum Gasteiger partial charge on any atom is 0.389 e. The van der Waals surface area contributed by atoms with Crippen LogP contribution in [0, 0.1) is 0 Å². The summed E-state index contributed by atoms with van der Waals surface area (Å²) in [6.45, 7) is 1.29. The lowest BCUT2D eigenvalue weighted by molar-refractivity contribution is -0.135. The lowest BCUT2D eigenvalue weighted by Gasteiger charge is -2.26. The third-order valence-electron chi connectivity index (χ3n) is 3.81. The highest BCUT2D eigenvalue weighted by atomic mass is 19.4. The van der Waals surface area contributed by atoms with Crippen molar-refractivity contribution >= 4 is 5.69 Å². The molecule has 2 nitrogen and oxygen atoms in total. The Labute approximate surface area is 118 Å². The highest BCUT2D eigenvalue weighted by molar-refractivity contribution is 5.55. The molecule has 1 unspecified atom stereocenters. The fourth-order valence-corrected chi connectivity index (χ4v) is 2.83. The van der Waals surface area contributed by atoms with Gasteiger partial charge in [-0.05, 0) is 37.9 Å². The highest BCUT2D eigenvalue weighted by Gasteiger charge is 2.27. The smallest absolute Gasteiger partial charge is 0.371 e. The Morgan fingerprint density at radius 1 is 1.30 bits per heavy atom. The number of halogens is 3. The van der Waals surface area contributed by atoms with E-state index >= 15 is 0 Å². The first kappa shape index (κ1) is 15.2. The van der Waals surface area contributed by atoms with Gasteiger partial charge in [0.2, 0.25) is 0 Å². The Morgan fingerprint density at radius 3 is 2.75 bits per heavy atom. The van der Waals surface area contributed by atoms with Gasteiger partial charge in [-0.2, -0.15) is 13.2 Å². The van der Waals surface area contributed by atoms with Gasteiger partial charge in [0, 0.05) is 31.2 Å². The SMILES string of the molecule is CNC1CCCN(CCCC(F)(F)F)c2ccccc21. The van der Waals surface area contributed by atoms with E-state index in [2.05, 4.69) is 16.3 Å². The summed E-state index contributed by atoms with van der Waals surface area (Å²) >= 11 is 0. The number of fused-ring (bicyclic) bond motifs is 1. The number of para-hydroxylation sites is 1. The zero-order valence-electron chi connectivity index (χ0n) is 11.7. The van der Waals surface area contributed by atoms with E-state index < -0.39 is 12.6 Å². The molecular formula is C15H21F3N2. The van der Waals surface area contributed by atoms with E-state index in [0.717, 1.165) is 25.1 Å². The predicted molar refractivity (Wildman–Crippen MR) is 75.0 cm³/mol. The van der Waals surface area contributed by atoms with Crippen LogP contribution in [0.2, 0.25) is 0 Å². The Morgan fingerprint density at radius 2 is 2.05 bits per heavy atom. The van der Waals surface area contributed by atoms with Crippen molar-refractivity contribution in [1.82, 2.24) is 5.32 Å². The molecule has 0 spiro atoms. The normalized spacial score (nSPS) is 19.6. The molecule has 0 radical (unpaired) electrons. The van der Waals surface area contributed by atoms with Gasteiger partial charge in [-0.1, -0.05) is 18.2 Å². The molecule has 2 rings (SSSR count). The number of nitrogens with one attached hydrogen (secondary N) is 1. The Bertz CT molecular complexity index is 431. The van der Waals surface area contributed by atoms with E-state index in [9.17, 15) is 13.2 Å². The highest BCUT2D eigenvalue weighted by Crippen LogP contribution is 2.33. The van der Waals surface area contributed by atoms with Gasteiger partial charge in [0.05, 0.1) is 0 Å². The molecule has 0 aromatic heterocycles. The fourth-order valence-electron chi connectivity index (χ4n) is 2.83. The van der Waals surface area contributed by atoms with Gasteiger partial charge < -0.3 is 10.2 Å². The van der Waals surface area contributed by atoms with Crippen molar-refractivity contribution in [2.75, 3.05) is 25.0 Å². The minimum absolute atomic E-state index is 0.155. The summed E-state index contributed by atoms with van der Waals surface area (Å²) < 4.78 is 36.8. The molecule has 0 amide bonds. The van der Waals surface area contributed by atoms with E-state index in [4.69, 9.17) is 0 Å². The monoisotopic (exact) mass is 286 g/mol. The van der Waals surface area contributed by atoms with Crippen molar-refractivity contribution in [3.05, 3.63) is 29.8 Å². The number of alkyl halides is 3. The molecule has 1 aliphatic heterocycles. The maximum absolute atomic E-state index is 12.3. The van der Waals surface area contributed by atoms with Crippen molar-refractivity contribution in [2.45, 2.75) is 37.9 Å². The lowest BCUT2D eigenvalue weighted by Crippen LogP contribution is -2.26. The summed E-state index contributed by atoms with van der Waals surface area (Å²) in [5.74, 6) is 0. The van der Waals surface area contributed by atoms with Crippen molar-refractivity contribution in [1.29, 1.82) is 0 Å². The van der Waals surface area contributed by atoms with Gasteiger partial charge in [0.15, 0.2) is 0 Å². The molecule has 1 atom stereocenters. The third-order valence-corrected chi connectivity index (χ3v) is 3.81. The van der Waals surface area contributed by atoms with E-state index in [1.54, 1.807) is 0 Å². The molecule has 112 valence electrons.